The van der Waals surface area contributed by atoms with Crippen molar-refractivity contribution in [2.24, 2.45) is 0 Å². The molecule has 3 N–H and O–H groups in total. The second kappa shape index (κ2) is 6.16. The Kier molecular flexibility index (Phi) is 4.73. The molecular formula is C14H11Br2ClN2O. The van der Waals surface area contributed by atoms with Gasteiger partial charge in [-0.3, -0.25) is 4.79 Å². The molecule has 0 aromatic heterocycles. The molecule has 0 aliphatic rings. The van der Waals surface area contributed by atoms with E-state index in [1.807, 2.05) is 13.0 Å². The average molecular weight is 419 g/mol. The molecule has 0 spiro atoms. The zero-order chi connectivity index (χ0) is 14.9. The molecule has 3 nitrogen and oxygen atoms in total. The van der Waals surface area contributed by atoms with Crippen LogP contribution in [0.5, 0.6) is 0 Å². The Morgan fingerprint density at radius 1 is 1.30 bits per heavy atom. The van der Waals surface area contributed by atoms with E-state index in [9.17, 15) is 4.79 Å². The number of carbonyl (C=O) groups is 1. The highest BCUT2D eigenvalue weighted by atomic mass is 79.9. The van der Waals surface area contributed by atoms with Gasteiger partial charge in [0, 0.05) is 15.2 Å². The lowest BCUT2D eigenvalue weighted by Crippen LogP contribution is -2.13. The van der Waals surface area contributed by atoms with E-state index in [0.29, 0.717) is 26.4 Å². The first kappa shape index (κ1) is 15.4. The lowest BCUT2D eigenvalue weighted by Gasteiger charge is -2.11. The number of nitrogens with two attached hydrogens (primary N) is 1. The van der Waals surface area contributed by atoms with E-state index in [0.717, 1.165) is 10.0 Å². The Morgan fingerprint density at radius 2 is 2.00 bits per heavy atom. The molecule has 6 heteroatoms. The van der Waals surface area contributed by atoms with Crippen molar-refractivity contribution in [3.63, 3.8) is 0 Å². The molecule has 0 saturated heterocycles. The summed E-state index contributed by atoms with van der Waals surface area (Å²) in [5.74, 6) is -0.259. The number of halogens is 3. The molecular weight excluding hydrogens is 407 g/mol. The molecule has 1 amide bonds. The zero-order valence-electron chi connectivity index (χ0n) is 10.5. The molecule has 0 radical (unpaired) electrons. The predicted octanol–water partition coefficient (Wildman–Crippen LogP) is 5.01. The summed E-state index contributed by atoms with van der Waals surface area (Å²) in [4.78, 5) is 12.3. The number of nitrogens with one attached hydrogen (secondary N) is 1. The van der Waals surface area contributed by atoms with Gasteiger partial charge in [-0.15, -0.1) is 0 Å². The summed E-state index contributed by atoms with van der Waals surface area (Å²) in [6.07, 6.45) is 0. The number of rotatable bonds is 2. The van der Waals surface area contributed by atoms with Crippen LogP contribution in [-0.4, -0.2) is 5.91 Å². The number of carbonyl (C=O) groups excluding carboxylic acids is 1. The molecule has 0 bridgehead atoms. The summed E-state index contributed by atoms with van der Waals surface area (Å²) < 4.78 is 1.35. The first-order valence-corrected chi connectivity index (χ1v) is 7.67. The van der Waals surface area contributed by atoms with Crippen LogP contribution in [0, 0.1) is 6.92 Å². The average Bonchev–Trinajstić information content (AvgIpc) is 2.39. The smallest absolute Gasteiger partial charge is 0.256 e. The van der Waals surface area contributed by atoms with E-state index in [1.54, 1.807) is 24.3 Å². The lowest BCUT2D eigenvalue weighted by atomic mass is 10.1. The molecule has 0 aliphatic carbocycles. The Bertz CT molecular complexity index is 689. The van der Waals surface area contributed by atoms with Crippen molar-refractivity contribution in [1.29, 1.82) is 0 Å². The zero-order valence-corrected chi connectivity index (χ0v) is 14.4. The summed E-state index contributed by atoms with van der Waals surface area (Å²) in [7, 11) is 0. The fourth-order valence-corrected chi connectivity index (χ4v) is 2.82. The first-order valence-electron chi connectivity index (χ1n) is 5.71. The maximum absolute atomic E-state index is 12.3. The number of amides is 1. The van der Waals surface area contributed by atoms with Crippen LogP contribution in [0.2, 0.25) is 5.02 Å². The maximum Gasteiger partial charge on any atom is 0.256 e. The Hall–Kier alpha value is -1.04. The minimum absolute atomic E-state index is 0.259. The second-order valence-electron chi connectivity index (χ2n) is 4.24. The van der Waals surface area contributed by atoms with Gasteiger partial charge in [0.05, 0.1) is 15.7 Å². The van der Waals surface area contributed by atoms with Crippen molar-refractivity contribution in [1.82, 2.24) is 0 Å². The van der Waals surface area contributed by atoms with Crippen LogP contribution in [-0.2, 0) is 0 Å². The Morgan fingerprint density at radius 3 is 2.70 bits per heavy atom. The van der Waals surface area contributed by atoms with Crippen LogP contribution in [0.25, 0.3) is 0 Å². The summed E-state index contributed by atoms with van der Waals surface area (Å²) in [6, 6.07) is 8.70. The lowest BCUT2D eigenvalue weighted by molar-refractivity contribution is 0.102. The summed E-state index contributed by atoms with van der Waals surface area (Å²) in [5, 5.41) is 3.40. The van der Waals surface area contributed by atoms with Crippen LogP contribution >= 0.6 is 43.5 Å². The minimum atomic E-state index is -0.259. The predicted molar refractivity (Wildman–Crippen MR) is 90.4 cm³/mol. The molecule has 0 aliphatic heterocycles. The van der Waals surface area contributed by atoms with Gasteiger partial charge in [-0.25, -0.2) is 0 Å². The summed E-state index contributed by atoms with van der Waals surface area (Å²) in [6.45, 7) is 1.90. The van der Waals surface area contributed by atoms with E-state index >= 15 is 0 Å². The van der Waals surface area contributed by atoms with E-state index < -0.39 is 0 Å². The number of anilines is 2. The third-order valence-electron chi connectivity index (χ3n) is 2.77. The quantitative estimate of drug-likeness (QED) is 0.674. The third-order valence-corrected chi connectivity index (χ3v) is 4.72. The van der Waals surface area contributed by atoms with Gasteiger partial charge in [-0.05, 0) is 68.6 Å². The molecule has 2 aromatic carbocycles. The van der Waals surface area contributed by atoms with Gasteiger partial charge in [-0.1, -0.05) is 17.7 Å². The highest BCUT2D eigenvalue weighted by molar-refractivity contribution is 9.11. The normalized spacial score (nSPS) is 10.4. The molecule has 0 saturated carbocycles. The molecule has 0 atom stereocenters. The maximum atomic E-state index is 12.3. The second-order valence-corrected chi connectivity index (χ2v) is 6.30. The molecule has 2 rings (SSSR count). The summed E-state index contributed by atoms with van der Waals surface area (Å²) in [5.41, 5.74) is 8.29. The highest BCUT2D eigenvalue weighted by Gasteiger charge is 2.14. The number of nitrogen functional groups attached to an aromatic ring is 1. The van der Waals surface area contributed by atoms with Crippen molar-refractivity contribution >= 4 is 60.7 Å². The molecule has 0 unspecified atom stereocenters. The van der Waals surface area contributed by atoms with Crippen LogP contribution in [0.15, 0.2) is 39.3 Å². The molecule has 0 heterocycles. The van der Waals surface area contributed by atoms with Gasteiger partial charge in [0.1, 0.15) is 0 Å². The van der Waals surface area contributed by atoms with E-state index in [-0.39, 0.29) is 5.91 Å². The first-order chi connectivity index (χ1) is 9.40. The van der Waals surface area contributed by atoms with Gasteiger partial charge in [0.25, 0.3) is 5.91 Å². The monoisotopic (exact) mass is 416 g/mol. The summed E-state index contributed by atoms with van der Waals surface area (Å²) >= 11 is 12.8. The fraction of sp³-hybridized carbons (Fsp3) is 0.0714. The van der Waals surface area contributed by atoms with Crippen molar-refractivity contribution in [3.8, 4) is 0 Å². The van der Waals surface area contributed by atoms with Gasteiger partial charge >= 0.3 is 0 Å². The third kappa shape index (κ3) is 3.16. The van der Waals surface area contributed by atoms with E-state index in [2.05, 4.69) is 37.2 Å². The fourth-order valence-electron chi connectivity index (χ4n) is 1.66. The number of benzene rings is 2. The van der Waals surface area contributed by atoms with Crippen LogP contribution in [0.3, 0.4) is 0 Å². The van der Waals surface area contributed by atoms with Gasteiger partial charge < -0.3 is 11.1 Å². The van der Waals surface area contributed by atoms with E-state index in [4.69, 9.17) is 17.3 Å². The number of hydrogen-bond acceptors (Lipinski definition) is 2. The molecule has 104 valence electrons. The number of aryl methyl sites for hydroxylation is 1. The Labute approximate surface area is 138 Å². The van der Waals surface area contributed by atoms with Crippen molar-refractivity contribution in [2.75, 3.05) is 11.1 Å². The van der Waals surface area contributed by atoms with Gasteiger partial charge in [0.15, 0.2) is 0 Å². The minimum Gasteiger partial charge on any atom is -0.398 e. The van der Waals surface area contributed by atoms with Crippen molar-refractivity contribution in [3.05, 3.63) is 55.4 Å². The molecule has 20 heavy (non-hydrogen) atoms. The Balaban J connectivity index is 2.33. The van der Waals surface area contributed by atoms with Gasteiger partial charge in [0.2, 0.25) is 0 Å². The van der Waals surface area contributed by atoms with Crippen LogP contribution in [0.4, 0.5) is 11.4 Å². The highest BCUT2D eigenvalue weighted by Crippen LogP contribution is 2.30. The van der Waals surface area contributed by atoms with E-state index in [1.165, 1.54) is 0 Å². The van der Waals surface area contributed by atoms with Crippen molar-refractivity contribution in [2.45, 2.75) is 6.92 Å². The van der Waals surface area contributed by atoms with Crippen LogP contribution in [0.1, 0.15) is 15.9 Å². The largest absolute Gasteiger partial charge is 0.398 e. The molecule has 0 fully saturated rings. The van der Waals surface area contributed by atoms with Gasteiger partial charge in [-0.2, -0.15) is 0 Å². The number of hydrogen-bond donors (Lipinski definition) is 2. The SMILES string of the molecule is Cc1cc(Br)c(NC(=O)c2cccc(N)c2Br)cc1Cl. The topological polar surface area (TPSA) is 55.1 Å². The van der Waals surface area contributed by atoms with Crippen LogP contribution < -0.4 is 11.1 Å². The van der Waals surface area contributed by atoms with Crippen molar-refractivity contribution < 1.29 is 4.79 Å². The molecule has 2 aromatic rings. The standard InChI is InChI=1S/C14H11Br2ClN2O/c1-7-5-9(15)12(6-10(7)17)19-14(20)8-3-2-4-11(18)13(8)16/h2-6H,18H2,1H3,(H,19,20).